The molecule has 0 aliphatic heterocycles. The van der Waals surface area contributed by atoms with Gasteiger partial charge in [0, 0.05) is 5.39 Å². The van der Waals surface area contributed by atoms with Gasteiger partial charge in [-0.3, -0.25) is 4.79 Å². The average Bonchev–Trinajstić information content (AvgIpc) is 2.63. The predicted molar refractivity (Wildman–Crippen MR) is 46.3 cm³/mol. The number of carbonyl (C=O) groups is 1. The van der Waals surface area contributed by atoms with Crippen molar-refractivity contribution in [2.45, 2.75) is 0 Å². The van der Waals surface area contributed by atoms with E-state index in [0.29, 0.717) is 23.0 Å². The molecule has 0 bridgehead atoms. The third kappa shape index (κ3) is 1.09. The third-order valence-electron chi connectivity index (χ3n) is 1.84. The van der Waals surface area contributed by atoms with Gasteiger partial charge in [0.05, 0.1) is 23.5 Å². The Morgan fingerprint density at radius 2 is 2.31 bits per heavy atom. The summed E-state index contributed by atoms with van der Waals surface area (Å²) >= 11 is 0. The number of aldehydes is 1. The van der Waals surface area contributed by atoms with Gasteiger partial charge < -0.3 is 4.42 Å². The number of fused-ring (bicyclic) bond motifs is 1. The summed E-state index contributed by atoms with van der Waals surface area (Å²) in [6, 6.07) is 6.91. The number of furan rings is 1. The molecule has 0 fully saturated rings. The first kappa shape index (κ1) is 7.56. The molecule has 1 aromatic carbocycles. The average molecular weight is 171 g/mol. The van der Waals surface area contributed by atoms with Crippen LogP contribution in [0.25, 0.3) is 11.0 Å². The summed E-state index contributed by atoms with van der Waals surface area (Å²) in [5, 5.41) is 9.44. The normalized spacial score (nSPS) is 9.77. The van der Waals surface area contributed by atoms with Crippen molar-refractivity contribution < 1.29 is 9.21 Å². The van der Waals surface area contributed by atoms with Crippen LogP contribution in [0.2, 0.25) is 0 Å². The quantitative estimate of drug-likeness (QED) is 0.617. The number of nitrogens with zero attached hydrogens (tertiary/aromatic N) is 1. The molecular formula is C10H5NO2. The Labute approximate surface area is 74.2 Å². The van der Waals surface area contributed by atoms with Crippen molar-refractivity contribution >= 4 is 17.3 Å². The van der Waals surface area contributed by atoms with Gasteiger partial charge in [0.2, 0.25) is 0 Å². The first-order chi connectivity index (χ1) is 6.35. The van der Waals surface area contributed by atoms with Crippen LogP contribution in [0.4, 0.5) is 0 Å². The highest BCUT2D eigenvalue weighted by molar-refractivity contribution is 5.95. The molecule has 3 nitrogen and oxygen atoms in total. The first-order valence-electron chi connectivity index (χ1n) is 3.71. The maximum Gasteiger partial charge on any atom is 0.153 e. The Balaban J connectivity index is 2.86. The molecule has 62 valence electrons. The summed E-state index contributed by atoms with van der Waals surface area (Å²) in [5.41, 5.74) is 1.42. The fourth-order valence-corrected chi connectivity index (χ4v) is 1.26. The minimum absolute atomic E-state index is 0.416. The van der Waals surface area contributed by atoms with Crippen LogP contribution < -0.4 is 0 Å². The van der Waals surface area contributed by atoms with Crippen LogP contribution in [-0.2, 0) is 0 Å². The molecule has 0 aliphatic rings. The molecule has 0 amide bonds. The Morgan fingerprint density at radius 1 is 1.46 bits per heavy atom. The van der Waals surface area contributed by atoms with E-state index in [-0.39, 0.29) is 0 Å². The molecule has 0 unspecified atom stereocenters. The standard InChI is InChI=1S/C10H5NO2/c11-5-7-3-8-1-2-13-10(8)9(4-7)6-12/h1-4,6H. The zero-order chi connectivity index (χ0) is 9.26. The van der Waals surface area contributed by atoms with Gasteiger partial charge in [-0.2, -0.15) is 5.26 Å². The zero-order valence-electron chi connectivity index (χ0n) is 6.65. The highest BCUT2D eigenvalue weighted by atomic mass is 16.3. The summed E-state index contributed by atoms with van der Waals surface area (Å²) < 4.78 is 5.10. The van der Waals surface area contributed by atoms with Crippen LogP contribution in [0.5, 0.6) is 0 Å². The molecule has 0 atom stereocenters. The molecule has 1 heterocycles. The molecule has 1 aromatic heterocycles. The number of carbonyl (C=O) groups excluding carboxylic acids is 1. The van der Waals surface area contributed by atoms with E-state index in [1.165, 1.54) is 12.3 Å². The van der Waals surface area contributed by atoms with Crippen molar-refractivity contribution in [1.82, 2.24) is 0 Å². The molecule has 2 aromatic rings. The largest absolute Gasteiger partial charge is 0.464 e. The van der Waals surface area contributed by atoms with Crippen LogP contribution in [0.3, 0.4) is 0 Å². The Bertz CT molecular complexity index is 505. The zero-order valence-corrected chi connectivity index (χ0v) is 6.65. The molecule has 0 saturated carbocycles. The van der Waals surface area contributed by atoms with Crippen LogP contribution >= 0.6 is 0 Å². The highest BCUT2D eigenvalue weighted by Gasteiger charge is 2.05. The minimum Gasteiger partial charge on any atom is -0.464 e. The second-order valence-electron chi connectivity index (χ2n) is 2.63. The summed E-state index contributed by atoms with van der Waals surface area (Å²) in [6.07, 6.45) is 2.19. The van der Waals surface area contributed by atoms with E-state index in [2.05, 4.69) is 0 Å². The van der Waals surface area contributed by atoms with E-state index in [1.54, 1.807) is 12.1 Å². The third-order valence-corrected chi connectivity index (χ3v) is 1.84. The highest BCUT2D eigenvalue weighted by Crippen LogP contribution is 2.20. The summed E-state index contributed by atoms with van der Waals surface area (Å²) in [7, 11) is 0. The molecule has 13 heavy (non-hydrogen) atoms. The first-order valence-corrected chi connectivity index (χ1v) is 3.71. The van der Waals surface area contributed by atoms with Crippen LogP contribution in [-0.4, -0.2) is 6.29 Å². The van der Waals surface area contributed by atoms with E-state index in [4.69, 9.17) is 9.68 Å². The van der Waals surface area contributed by atoms with E-state index in [1.807, 2.05) is 6.07 Å². The smallest absolute Gasteiger partial charge is 0.153 e. The molecular weight excluding hydrogens is 166 g/mol. The molecule has 0 spiro atoms. The van der Waals surface area contributed by atoms with Gasteiger partial charge in [-0.25, -0.2) is 0 Å². The minimum atomic E-state index is 0.416. The number of hydrogen-bond donors (Lipinski definition) is 0. The molecule has 2 rings (SSSR count). The fraction of sp³-hybridized carbons (Fsp3) is 0. The molecule has 0 radical (unpaired) electrons. The maximum atomic E-state index is 10.6. The second-order valence-corrected chi connectivity index (χ2v) is 2.63. The van der Waals surface area contributed by atoms with E-state index in [9.17, 15) is 4.79 Å². The van der Waals surface area contributed by atoms with Crippen molar-refractivity contribution in [3.63, 3.8) is 0 Å². The lowest BCUT2D eigenvalue weighted by Crippen LogP contribution is -1.83. The maximum absolute atomic E-state index is 10.6. The van der Waals surface area contributed by atoms with E-state index in [0.717, 1.165) is 5.39 Å². The number of nitriles is 1. The van der Waals surface area contributed by atoms with Gasteiger partial charge in [0.25, 0.3) is 0 Å². The Kier molecular flexibility index (Phi) is 1.60. The van der Waals surface area contributed by atoms with Crippen LogP contribution in [0.1, 0.15) is 15.9 Å². The van der Waals surface area contributed by atoms with Gasteiger partial charge in [0.15, 0.2) is 6.29 Å². The number of rotatable bonds is 1. The van der Waals surface area contributed by atoms with Crippen LogP contribution in [0, 0.1) is 11.3 Å². The van der Waals surface area contributed by atoms with Crippen molar-refractivity contribution in [3.05, 3.63) is 35.6 Å². The lowest BCUT2D eigenvalue weighted by Gasteiger charge is -1.93. The Morgan fingerprint density at radius 3 is 3.00 bits per heavy atom. The van der Waals surface area contributed by atoms with Gasteiger partial charge in [-0.1, -0.05) is 0 Å². The molecule has 0 aliphatic carbocycles. The molecule has 0 saturated heterocycles. The summed E-state index contributed by atoms with van der Waals surface area (Å²) in [4.78, 5) is 10.6. The van der Waals surface area contributed by atoms with Gasteiger partial charge >= 0.3 is 0 Å². The van der Waals surface area contributed by atoms with Gasteiger partial charge in [0.1, 0.15) is 5.58 Å². The molecule has 3 heteroatoms. The second kappa shape index (κ2) is 2.76. The SMILES string of the molecule is N#Cc1cc(C=O)c2occc2c1. The predicted octanol–water partition coefficient (Wildman–Crippen LogP) is 2.12. The number of hydrogen-bond acceptors (Lipinski definition) is 3. The fourth-order valence-electron chi connectivity index (χ4n) is 1.26. The number of benzene rings is 1. The van der Waals surface area contributed by atoms with Crippen LogP contribution in [0.15, 0.2) is 28.9 Å². The monoisotopic (exact) mass is 171 g/mol. The van der Waals surface area contributed by atoms with Crippen molar-refractivity contribution in [2.75, 3.05) is 0 Å². The lowest BCUT2D eigenvalue weighted by molar-refractivity contribution is 0.112. The van der Waals surface area contributed by atoms with Crippen molar-refractivity contribution in [1.29, 1.82) is 5.26 Å². The summed E-state index contributed by atoms with van der Waals surface area (Å²) in [5.74, 6) is 0. The summed E-state index contributed by atoms with van der Waals surface area (Å²) in [6.45, 7) is 0. The van der Waals surface area contributed by atoms with Crippen molar-refractivity contribution in [2.24, 2.45) is 0 Å². The van der Waals surface area contributed by atoms with E-state index < -0.39 is 0 Å². The molecule has 0 N–H and O–H groups in total. The lowest BCUT2D eigenvalue weighted by atomic mass is 10.1. The van der Waals surface area contributed by atoms with E-state index >= 15 is 0 Å². The van der Waals surface area contributed by atoms with Gasteiger partial charge in [-0.15, -0.1) is 0 Å². The van der Waals surface area contributed by atoms with Gasteiger partial charge in [-0.05, 0) is 18.2 Å². The van der Waals surface area contributed by atoms with Crippen molar-refractivity contribution in [3.8, 4) is 6.07 Å². The topological polar surface area (TPSA) is 54.0 Å². The Hall–Kier alpha value is -2.08.